The van der Waals surface area contributed by atoms with Crippen molar-refractivity contribution in [2.75, 3.05) is 30.4 Å². The average molecular weight is 287 g/mol. The van der Waals surface area contributed by atoms with E-state index < -0.39 is 10.0 Å². The van der Waals surface area contributed by atoms with Crippen molar-refractivity contribution >= 4 is 21.5 Å². The molecule has 1 aromatic heterocycles. The van der Waals surface area contributed by atoms with E-state index in [0.29, 0.717) is 18.8 Å². The number of aromatic nitrogens is 2. The third-order valence-corrected chi connectivity index (χ3v) is 4.84. The highest BCUT2D eigenvalue weighted by molar-refractivity contribution is 7.88. The summed E-state index contributed by atoms with van der Waals surface area (Å²) in [5, 5.41) is 7.62. The summed E-state index contributed by atoms with van der Waals surface area (Å²) in [6.07, 6.45) is 2.80. The minimum absolute atomic E-state index is 0.232. The molecule has 8 heteroatoms. The van der Waals surface area contributed by atoms with Crippen LogP contribution in [0.2, 0.25) is 0 Å². The number of nitrogens with zero attached hydrogens (tertiary/aromatic N) is 3. The van der Waals surface area contributed by atoms with Crippen molar-refractivity contribution in [2.24, 2.45) is 7.05 Å². The third kappa shape index (κ3) is 3.01. The van der Waals surface area contributed by atoms with Crippen molar-refractivity contribution in [3.05, 3.63) is 5.69 Å². The van der Waals surface area contributed by atoms with Crippen molar-refractivity contribution in [1.29, 1.82) is 0 Å². The Bertz CT molecular complexity index is 558. The number of piperidine rings is 1. The van der Waals surface area contributed by atoms with Gasteiger partial charge in [0.1, 0.15) is 5.82 Å². The quantitative estimate of drug-likeness (QED) is 0.825. The summed E-state index contributed by atoms with van der Waals surface area (Å²) in [5.41, 5.74) is 7.43. The van der Waals surface area contributed by atoms with Crippen LogP contribution in [0.5, 0.6) is 0 Å². The van der Waals surface area contributed by atoms with E-state index in [1.807, 2.05) is 14.0 Å². The number of aryl methyl sites for hydroxylation is 2. The van der Waals surface area contributed by atoms with E-state index in [4.69, 9.17) is 5.73 Å². The molecule has 1 aliphatic heterocycles. The second-order valence-corrected chi connectivity index (χ2v) is 7.03. The number of hydrogen-bond donors (Lipinski definition) is 2. The number of hydrogen-bond acceptors (Lipinski definition) is 5. The van der Waals surface area contributed by atoms with Crippen molar-refractivity contribution in [1.82, 2.24) is 14.1 Å². The van der Waals surface area contributed by atoms with Gasteiger partial charge in [0.05, 0.1) is 17.6 Å². The van der Waals surface area contributed by atoms with Gasteiger partial charge in [-0.05, 0) is 19.8 Å². The van der Waals surface area contributed by atoms with Gasteiger partial charge in [-0.25, -0.2) is 12.7 Å². The zero-order valence-electron chi connectivity index (χ0n) is 11.5. The van der Waals surface area contributed by atoms with E-state index in [2.05, 4.69) is 10.4 Å². The van der Waals surface area contributed by atoms with E-state index >= 15 is 0 Å². The smallest absolute Gasteiger partial charge is 0.211 e. The fourth-order valence-corrected chi connectivity index (χ4v) is 3.24. The van der Waals surface area contributed by atoms with Crippen LogP contribution >= 0.6 is 0 Å². The molecule has 1 fully saturated rings. The maximum Gasteiger partial charge on any atom is 0.211 e. The van der Waals surface area contributed by atoms with Gasteiger partial charge in [0.15, 0.2) is 0 Å². The molecule has 7 nitrogen and oxygen atoms in total. The number of rotatable bonds is 3. The molecule has 0 unspecified atom stereocenters. The molecule has 1 aliphatic rings. The predicted molar refractivity (Wildman–Crippen MR) is 75.4 cm³/mol. The summed E-state index contributed by atoms with van der Waals surface area (Å²) in [4.78, 5) is 0. The summed E-state index contributed by atoms with van der Waals surface area (Å²) in [7, 11) is -1.23. The Kier molecular flexibility index (Phi) is 3.73. The van der Waals surface area contributed by atoms with Gasteiger partial charge >= 0.3 is 0 Å². The first-order chi connectivity index (χ1) is 8.79. The highest BCUT2D eigenvalue weighted by Gasteiger charge is 2.25. The monoisotopic (exact) mass is 287 g/mol. The van der Waals surface area contributed by atoms with Gasteiger partial charge in [-0.15, -0.1) is 0 Å². The number of nitrogen functional groups attached to an aromatic ring is 1. The lowest BCUT2D eigenvalue weighted by molar-refractivity contribution is 0.331. The normalized spacial score (nSPS) is 18.7. The molecule has 0 bridgehead atoms. The maximum atomic E-state index is 11.4. The molecule has 108 valence electrons. The number of nitrogens with one attached hydrogen (secondary N) is 1. The second-order valence-electron chi connectivity index (χ2n) is 5.05. The number of nitrogens with two attached hydrogens (primary N) is 1. The predicted octanol–water partition coefficient (Wildman–Crippen LogP) is 0.147. The first-order valence-corrected chi connectivity index (χ1v) is 8.14. The van der Waals surface area contributed by atoms with E-state index in [-0.39, 0.29) is 6.04 Å². The largest absolute Gasteiger partial charge is 0.394 e. The van der Waals surface area contributed by atoms with Crippen molar-refractivity contribution in [2.45, 2.75) is 25.8 Å². The standard InChI is InChI=1S/C11H21N5O2S/c1-8-10(12)11(15(2)14-8)13-9-4-6-16(7-5-9)19(3,17)18/h9,13H,4-7,12H2,1-3H3. The van der Waals surface area contributed by atoms with Crippen molar-refractivity contribution in [3.8, 4) is 0 Å². The fourth-order valence-electron chi connectivity index (χ4n) is 2.37. The van der Waals surface area contributed by atoms with Crippen molar-refractivity contribution < 1.29 is 8.42 Å². The molecule has 0 atom stereocenters. The molecule has 0 radical (unpaired) electrons. The van der Waals surface area contributed by atoms with Crippen LogP contribution in [0.1, 0.15) is 18.5 Å². The summed E-state index contributed by atoms with van der Waals surface area (Å²) in [5.74, 6) is 0.815. The zero-order chi connectivity index (χ0) is 14.2. The van der Waals surface area contributed by atoms with Gasteiger partial charge in [0.25, 0.3) is 0 Å². The van der Waals surface area contributed by atoms with Crippen LogP contribution in [0.3, 0.4) is 0 Å². The molecule has 0 amide bonds. The third-order valence-electron chi connectivity index (χ3n) is 3.53. The topological polar surface area (TPSA) is 93.2 Å². The molecule has 2 rings (SSSR count). The molecule has 0 saturated carbocycles. The molecule has 1 saturated heterocycles. The van der Waals surface area contributed by atoms with E-state index in [1.165, 1.54) is 10.6 Å². The van der Waals surface area contributed by atoms with Crippen LogP contribution in [-0.2, 0) is 17.1 Å². The van der Waals surface area contributed by atoms with Gasteiger partial charge in [-0.3, -0.25) is 4.68 Å². The Hall–Kier alpha value is -1.28. The Balaban J connectivity index is 2.00. The Morgan fingerprint density at radius 3 is 2.37 bits per heavy atom. The molecule has 19 heavy (non-hydrogen) atoms. The minimum Gasteiger partial charge on any atom is -0.394 e. The maximum absolute atomic E-state index is 11.4. The molecule has 3 N–H and O–H groups in total. The lowest BCUT2D eigenvalue weighted by atomic mass is 10.1. The molecular formula is C11H21N5O2S. The van der Waals surface area contributed by atoms with Crippen LogP contribution < -0.4 is 11.1 Å². The lowest BCUT2D eigenvalue weighted by Crippen LogP contribution is -2.42. The summed E-state index contributed by atoms with van der Waals surface area (Å²) < 4.78 is 26.1. The van der Waals surface area contributed by atoms with E-state index in [9.17, 15) is 8.42 Å². The molecule has 2 heterocycles. The highest BCUT2D eigenvalue weighted by Crippen LogP contribution is 2.24. The van der Waals surface area contributed by atoms with Crippen LogP contribution in [0.25, 0.3) is 0 Å². The first-order valence-electron chi connectivity index (χ1n) is 6.29. The van der Waals surface area contributed by atoms with Gasteiger partial charge in [0, 0.05) is 26.2 Å². The Morgan fingerprint density at radius 2 is 1.95 bits per heavy atom. The first kappa shape index (κ1) is 14.1. The van der Waals surface area contributed by atoms with Gasteiger partial charge < -0.3 is 11.1 Å². The van der Waals surface area contributed by atoms with E-state index in [0.717, 1.165) is 24.4 Å². The van der Waals surface area contributed by atoms with Crippen molar-refractivity contribution in [3.63, 3.8) is 0 Å². The Labute approximate surface area is 113 Å². The van der Waals surface area contributed by atoms with Gasteiger partial charge in [-0.1, -0.05) is 0 Å². The zero-order valence-corrected chi connectivity index (χ0v) is 12.4. The second kappa shape index (κ2) is 5.01. The summed E-state index contributed by atoms with van der Waals surface area (Å²) in [6.45, 7) is 2.97. The number of sulfonamides is 1. The Morgan fingerprint density at radius 1 is 1.37 bits per heavy atom. The molecule has 1 aromatic rings. The lowest BCUT2D eigenvalue weighted by Gasteiger charge is -2.31. The molecule has 0 spiro atoms. The summed E-state index contributed by atoms with van der Waals surface area (Å²) >= 11 is 0. The van der Waals surface area contributed by atoms with Crippen LogP contribution in [0.15, 0.2) is 0 Å². The minimum atomic E-state index is -3.07. The number of anilines is 2. The van der Waals surface area contributed by atoms with Gasteiger partial charge in [-0.2, -0.15) is 5.10 Å². The van der Waals surface area contributed by atoms with Crippen LogP contribution in [-0.4, -0.2) is 47.9 Å². The molecule has 0 aromatic carbocycles. The van der Waals surface area contributed by atoms with E-state index in [1.54, 1.807) is 4.68 Å². The van der Waals surface area contributed by atoms with Gasteiger partial charge in [0.2, 0.25) is 10.0 Å². The average Bonchev–Trinajstić information content (AvgIpc) is 2.56. The van der Waals surface area contributed by atoms with Crippen LogP contribution in [0.4, 0.5) is 11.5 Å². The molecular weight excluding hydrogens is 266 g/mol. The van der Waals surface area contributed by atoms with Crippen LogP contribution in [0, 0.1) is 6.92 Å². The molecule has 0 aliphatic carbocycles. The SMILES string of the molecule is Cc1nn(C)c(NC2CCN(S(C)(=O)=O)CC2)c1N. The fraction of sp³-hybridized carbons (Fsp3) is 0.727. The highest BCUT2D eigenvalue weighted by atomic mass is 32.2. The summed E-state index contributed by atoms with van der Waals surface area (Å²) in [6, 6.07) is 0.232.